The molecule has 0 bridgehead atoms. The lowest BCUT2D eigenvalue weighted by atomic mass is 10.3. The van der Waals surface area contributed by atoms with Gasteiger partial charge >= 0.3 is 0 Å². The van der Waals surface area contributed by atoms with Gasteiger partial charge in [-0.2, -0.15) is 0 Å². The van der Waals surface area contributed by atoms with Gasteiger partial charge in [0.25, 0.3) is 0 Å². The molecule has 26 heavy (non-hydrogen) atoms. The zero-order chi connectivity index (χ0) is 19.3. The van der Waals surface area contributed by atoms with Crippen molar-refractivity contribution in [2.45, 2.75) is 4.90 Å². The van der Waals surface area contributed by atoms with Crippen LogP contribution in [-0.4, -0.2) is 46.4 Å². The van der Waals surface area contributed by atoms with Crippen molar-refractivity contribution in [3.8, 4) is 5.75 Å². The highest BCUT2D eigenvalue weighted by Gasteiger charge is 2.16. The maximum Gasteiger partial charge on any atom is 0.243 e. The van der Waals surface area contributed by atoms with Crippen molar-refractivity contribution in [1.82, 2.24) is 4.31 Å². The Morgan fingerprint density at radius 2 is 1.73 bits per heavy atom. The van der Waals surface area contributed by atoms with E-state index in [1.54, 1.807) is 30.3 Å². The first-order chi connectivity index (χ1) is 12.2. The summed E-state index contributed by atoms with van der Waals surface area (Å²) in [5.74, 6) is 0.273. The average Bonchev–Trinajstić information content (AvgIpc) is 2.60. The van der Waals surface area contributed by atoms with Gasteiger partial charge in [0.05, 0.1) is 23.6 Å². The number of nitrogens with zero attached hydrogens (tertiary/aromatic N) is 1. The van der Waals surface area contributed by atoms with Gasteiger partial charge in [-0.15, -0.1) is 0 Å². The number of methoxy groups -OCH3 is 1. The molecule has 0 unspecified atom stereocenters. The van der Waals surface area contributed by atoms with Gasteiger partial charge in [-0.3, -0.25) is 4.79 Å². The molecular weight excluding hydrogens is 378 g/mol. The fraction of sp³-hybridized carbons (Fsp3) is 0.235. The molecule has 0 fully saturated rings. The molecular formula is C17H20ClN3O4S. The van der Waals surface area contributed by atoms with E-state index in [0.717, 1.165) is 4.31 Å². The standard InChI is InChI=1S/C17H20ClN3O4S/c1-21(2)26(23,24)14-7-4-12(5-8-14)20-17(22)11-19-13-6-9-16(25-3)15(18)10-13/h4-10,19H,11H2,1-3H3,(H,20,22). The Bertz CT molecular complexity index is 883. The van der Waals surface area contributed by atoms with Crippen LogP contribution in [0.4, 0.5) is 11.4 Å². The molecule has 2 N–H and O–H groups in total. The number of benzene rings is 2. The number of hydrogen-bond donors (Lipinski definition) is 2. The summed E-state index contributed by atoms with van der Waals surface area (Å²) in [6, 6.07) is 11.1. The number of carbonyl (C=O) groups excluding carboxylic acids is 1. The minimum absolute atomic E-state index is 0.0282. The number of carbonyl (C=O) groups is 1. The molecule has 7 nitrogen and oxygen atoms in total. The fourth-order valence-corrected chi connectivity index (χ4v) is 3.24. The van der Waals surface area contributed by atoms with Crippen molar-refractivity contribution >= 4 is 38.9 Å². The zero-order valence-electron chi connectivity index (χ0n) is 14.6. The van der Waals surface area contributed by atoms with E-state index in [1.807, 2.05) is 0 Å². The Hall–Kier alpha value is -2.29. The van der Waals surface area contributed by atoms with Crippen LogP contribution in [0, 0.1) is 0 Å². The molecule has 2 aromatic rings. The van der Waals surface area contributed by atoms with E-state index in [4.69, 9.17) is 16.3 Å². The predicted molar refractivity (Wildman–Crippen MR) is 102 cm³/mol. The summed E-state index contributed by atoms with van der Waals surface area (Å²) in [6.45, 7) is 0.0282. The second kappa shape index (κ2) is 8.39. The van der Waals surface area contributed by atoms with Crippen LogP contribution in [0.1, 0.15) is 0 Å². The van der Waals surface area contributed by atoms with Crippen molar-refractivity contribution < 1.29 is 17.9 Å². The predicted octanol–water partition coefficient (Wildman–Crippen LogP) is 2.65. The van der Waals surface area contributed by atoms with E-state index < -0.39 is 10.0 Å². The summed E-state index contributed by atoms with van der Waals surface area (Å²) in [5, 5.41) is 6.08. The molecule has 0 heterocycles. The molecule has 0 saturated carbocycles. The molecule has 0 aliphatic carbocycles. The summed E-state index contributed by atoms with van der Waals surface area (Å²) in [7, 11) is 0.953. The number of anilines is 2. The minimum atomic E-state index is -3.49. The van der Waals surface area contributed by atoms with Gasteiger partial charge in [0.1, 0.15) is 5.75 Å². The Balaban J connectivity index is 1.95. The van der Waals surface area contributed by atoms with Crippen molar-refractivity contribution in [3.63, 3.8) is 0 Å². The van der Waals surface area contributed by atoms with Crippen LogP contribution >= 0.6 is 11.6 Å². The quantitative estimate of drug-likeness (QED) is 0.749. The van der Waals surface area contributed by atoms with Gasteiger partial charge < -0.3 is 15.4 Å². The lowest BCUT2D eigenvalue weighted by Gasteiger charge is -2.12. The van der Waals surface area contributed by atoms with Crippen molar-refractivity contribution in [2.24, 2.45) is 0 Å². The number of ether oxygens (including phenoxy) is 1. The van der Waals surface area contributed by atoms with Crippen LogP contribution in [0.5, 0.6) is 5.75 Å². The lowest BCUT2D eigenvalue weighted by Crippen LogP contribution is -2.23. The van der Waals surface area contributed by atoms with Gasteiger partial charge in [0.2, 0.25) is 15.9 Å². The number of amides is 1. The summed E-state index contributed by atoms with van der Waals surface area (Å²) in [6.07, 6.45) is 0. The number of sulfonamides is 1. The third-order valence-corrected chi connectivity index (χ3v) is 5.65. The monoisotopic (exact) mass is 397 g/mol. The van der Waals surface area contributed by atoms with Gasteiger partial charge in [-0.1, -0.05) is 11.6 Å². The van der Waals surface area contributed by atoms with Gasteiger partial charge in [0, 0.05) is 25.5 Å². The highest BCUT2D eigenvalue weighted by Crippen LogP contribution is 2.27. The van der Waals surface area contributed by atoms with Gasteiger partial charge in [-0.05, 0) is 42.5 Å². The van der Waals surface area contributed by atoms with E-state index in [9.17, 15) is 13.2 Å². The molecule has 0 aliphatic rings. The second-order valence-electron chi connectivity index (χ2n) is 5.56. The van der Waals surface area contributed by atoms with Crippen molar-refractivity contribution in [3.05, 3.63) is 47.5 Å². The Labute approximate surface area is 158 Å². The molecule has 140 valence electrons. The first-order valence-electron chi connectivity index (χ1n) is 7.64. The third kappa shape index (κ3) is 4.87. The number of halogens is 1. The Morgan fingerprint density at radius 1 is 1.12 bits per heavy atom. The van der Waals surface area contributed by atoms with Crippen LogP contribution in [0.25, 0.3) is 0 Å². The topological polar surface area (TPSA) is 87.7 Å². The second-order valence-corrected chi connectivity index (χ2v) is 8.12. The highest BCUT2D eigenvalue weighted by atomic mass is 35.5. The third-order valence-electron chi connectivity index (χ3n) is 3.52. The molecule has 1 amide bonds. The summed E-state index contributed by atoms with van der Waals surface area (Å²) in [4.78, 5) is 12.2. The Morgan fingerprint density at radius 3 is 2.27 bits per heavy atom. The zero-order valence-corrected chi connectivity index (χ0v) is 16.2. The number of rotatable bonds is 7. The molecule has 9 heteroatoms. The van der Waals surface area contributed by atoms with E-state index >= 15 is 0 Å². The molecule has 0 atom stereocenters. The maximum absolute atomic E-state index is 12.0. The summed E-state index contributed by atoms with van der Waals surface area (Å²) in [5.41, 5.74) is 1.18. The van der Waals surface area contributed by atoms with Crippen LogP contribution < -0.4 is 15.4 Å². The SMILES string of the molecule is COc1ccc(NCC(=O)Nc2ccc(S(=O)(=O)N(C)C)cc2)cc1Cl. The molecule has 0 spiro atoms. The normalized spacial score (nSPS) is 11.3. The summed E-state index contributed by atoms with van der Waals surface area (Å²) >= 11 is 6.03. The molecule has 2 aromatic carbocycles. The highest BCUT2D eigenvalue weighted by molar-refractivity contribution is 7.89. The lowest BCUT2D eigenvalue weighted by molar-refractivity contribution is -0.114. The number of hydrogen-bond acceptors (Lipinski definition) is 5. The fourth-order valence-electron chi connectivity index (χ4n) is 2.08. The molecule has 0 aliphatic heterocycles. The minimum Gasteiger partial charge on any atom is -0.495 e. The largest absolute Gasteiger partial charge is 0.495 e. The van der Waals surface area contributed by atoms with Crippen molar-refractivity contribution in [2.75, 3.05) is 38.4 Å². The van der Waals surface area contributed by atoms with Gasteiger partial charge in [0.15, 0.2) is 0 Å². The molecule has 0 radical (unpaired) electrons. The van der Waals surface area contributed by atoms with Crippen LogP contribution in [-0.2, 0) is 14.8 Å². The molecule has 0 saturated heterocycles. The van der Waals surface area contributed by atoms with Crippen LogP contribution in [0.3, 0.4) is 0 Å². The average molecular weight is 398 g/mol. The van der Waals surface area contributed by atoms with E-state index in [-0.39, 0.29) is 17.3 Å². The van der Waals surface area contributed by atoms with Crippen molar-refractivity contribution in [1.29, 1.82) is 0 Å². The molecule has 0 aromatic heterocycles. The van der Waals surface area contributed by atoms with E-state index in [0.29, 0.717) is 22.1 Å². The molecule has 2 rings (SSSR count). The first-order valence-corrected chi connectivity index (χ1v) is 9.45. The maximum atomic E-state index is 12.0. The van der Waals surface area contributed by atoms with Crippen LogP contribution in [0.15, 0.2) is 47.4 Å². The van der Waals surface area contributed by atoms with Gasteiger partial charge in [-0.25, -0.2) is 12.7 Å². The smallest absolute Gasteiger partial charge is 0.243 e. The first kappa shape index (κ1) is 20.0. The Kier molecular flexibility index (Phi) is 6.47. The van der Waals surface area contributed by atoms with E-state index in [2.05, 4.69) is 10.6 Å². The van der Waals surface area contributed by atoms with Crippen LogP contribution in [0.2, 0.25) is 5.02 Å². The van der Waals surface area contributed by atoms with E-state index in [1.165, 1.54) is 33.3 Å². The number of nitrogens with one attached hydrogen (secondary N) is 2. The summed E-state index contributed by atoms with van der Waals surface area (Å²) < 4.78 is 30.2.